The Kier molecular flexibility index (Phi) is 4.33. The van der Waals surface area contributed by atoms with Gasteiger partial charge in [-0.3, -0.25) is 4.79 Å². The Morgan fingerprint density at radius 3 is 2.52 bits per heavy atom. The van der Waals surface area contributed by atoms with E-state index in [-0.39, 0.29) is 5.91 Å². The fourth-order valence-electron chi connectivity index (χ4n) is 2.42. The van der Waals surface area contributed by atoms with Crippen molar-refractivity contribution in [2.75, 3.05) is 5.32 Å². The summed E-state index contributed by atoms with van der Waals surface area (Å²) in [5.41, 5.74) is 1.96. The number of benzene rings is 1. The van der Waals surface area contributed by atoms with Gasteiger partial charge in [0.2, 0.25) is 0 Å². The lowest BCUT2D eigenvalue weighted by molar-refractivity contribution is 0.102. The van der Waals surface area contributed by atoms with E-state index >= 15 is 0 Å². The van der Waals surface area contributed by atoms with Crippen LogP contribution in [0.1, 0.15) is 21.9 Å². The second-order valence-corrected chi connectivity index (χ2v) is 6.34. The molecule has 0 aliphatic rings. The lowest BCUT2D eigenvalue weighted by Crippen LogP contribution is -2.14. The van der Waals surface area contributed by atoms with Crippen LogP contribution >= 0.6 is 27.5 Å². The molecule has 0 bridgehead atoms. The number of aromatic nitrogens is 1. The van der Waals surface area contributed by atoms with Gasteiger partial charge in [-0.1, -0.05) is 11.6 Å². The molecule has 0 radical (unpaired) electrons. The fourth-order valence-corrected chi connectivity index (χ4v) is 3.13. The van der Waals surface area contributed by atoms with Crippen LogP contribution in [0.25, 0.3) is 5.69 Å². The molecule has 1 aromatic carbocycles. The number of hydrogen-bond acceptors (Lipinski definition) is 2. The molecule has 4 nitrogen and oxygen atoms in total. The molecule has 0 saturated heterocycles. The van der Waals surface area contributed by atoms with Crippen LogP contribution in [0, 0.1) is 13.8 Å². The Hall–Kier alpha value is -1.98. The molecule has 0 fully saturated rings. The molecule has 0 unspecified atom stereocenters. The number of carbonyl (C=O) groups excluding carboxylic acids is 1. The predicted molar refractivity (Wildman–Crippen MR) is 94.6 cm³/mol. The zero-order chi connectivity index (χ0) is 16.6. The monoisotopic (exact) mass is 392 g/mol. The highest BCUT2D eigenvalue weighted by atomic mass is 79.9. The molecule has 3 rings (SSSR count). The van der Waals surface area contributed by atoms with Crippen molar-refractivity contribution >= 4 is 39.1 Å². The van der Waals surface area contributed by atoms with Crippen molar-refractivity contribution in [2.45, 2.75) is 13.8 Å². The van der Waals surface area contributed by atoms with Gasteiger partial charge < -0.3 is 14.3 Å². The number of carbonyl (C=O) groups is 1. The van der Waals surface area contributed by atoms with E-state index < -0.39 is 0 Å². The number of amides is 1. The van der Waals surface area contributed by atoms with Gasteiger partial charge in [0.25, 0.3) is 5.91 Å². The SMILES string of the molecule is Cc1oc(C)c(C(=O)Nc2ccc(Cl)cc2-n2cccc2)c1Br. The number of rotatable bonds is 3. The third-order valence-electron chi connectivity index (χ3n) is 3.50. The topological polar surface area (TPSA) is 47.2 Å². The first kappa shape index (κ1) is 15.9. The molecule has 2 heterocycles. The zero-order valence-electron chi connectivity index (χ0n) is 12.6. The minimum absolute atomic E-state index is 0.234. The number of nitrogens with one attached hydrogen (secondary N) is 1. The Morgan fingerprint density at radius 1 is 1.22 bits per heavy atom. The molecule has 1 amide bonds. The van der Waals surface area contributed by atoms with Crippen LogP contribution < -0.4 is 5.32 Å². The fraction of sp³-hybridized carbons (Fsp3) is 0.118. The first-order valence-electron chi connectivity index (χ1n) is 6.97. The number of aryl methyl sites for hydroxylation is 2. The normalized spacial score (nSPS) is 10.8. The van der Waals surface area contributed by atoms with Crippen molar-refractivity contribution in [1.29, 1.82) is 0 Å². The van der Waals surface area contributed by atoms with Crippen molar-refractivity contribution in [1.82, 2.24) is 4.57 Å². The van der Waals surface area contributed by atoms with E-state index in [4.69, 9.17) is 16.0 Å². The highest BCUT2D eigenvalue weighted by molar-refractivity contribution is 9.10. The molecule has 0 atom stereocenters. The summed E-state index contributed by atoms with van der Waals surface area (Å²) in [6, 6.07) is 9.15. The molecule has 2 aromatic heterocycles. The molecule has 1 N–H and O–H groups in total. The van der Waals surface area contributed by atoms with Crippen molar-refractivity contribution in [3.8, 4) is 5.69 Å². The highest BCUT2D eigenvalue weighted by Crippen LogP contribution is 2.30. The molecular formula is C17H14BrClN2O2. The average Bonchev–Trinajstić information content (AvgIpc) is 3.10. The van der Waals surface area contributed by atoms with E-state index in [0.717, 1.165) is 5.69 Å². The zero-order valence-corrected chi connectivity index (χ0v) is 14.9. The van der Waals surface area contributed by atoms with Crippen LogP contribution in [-0.2, 0) is 0 Å². The molecule has 0 aliphatic carbocycles. The number of halogens is 2. The smallest absolute Gasteiger partial charge is 0.260 e. The van der Waals surface area contributed by atoms with E-state index in [1.54, 1.807) is 32.0 Å². The van der Waals surface area contributed by atoms with Gasteiger partial charge >= 0.3 is 0 Å². The minimum atomic E-state index is -0.234. The van der Waals surface area contributed by atoms with E-state index in [1.165, 1.54) is 0 Å². The summed E-state index contributed by atoms with van der Waals surface area (Å²) in [6.07, 6.45) is 3.79. The maximum atomic E-state index is 12.6. The lowest BCUT2D eigenvalue weighted by Gasteiger charge is -2.12. The predicted octanol–water partition coefficient (Wildman–Crippen LogP) is 5.36. The van der Waals surface area contributed by atoms with Crippen LogP contribution in [0.15, 0.2) is 51.6 Å². The average molecular weight is 394 g/mol. The molecule has 118 valence electrons. The van der Waals surface area contributed by atoms with E-state index in [0.29, 0.717) is 32.3 Å². The number of hydrogen-bond donors (Lipinski definition) is 1. The van der Waals surface area contributed by atoms with E-state index in [2.05, 4.69) is 21.2 Å². The molecular weight excluding hydrogens is 380 g/mol. The van der Waals surface area contributed by atoms with Gasteiger partial charge in [0.15, 0.2) is 0 Å². The summed E-state index contributed by atoms with van der Waals surface area (Å²) in [5, 5.41) is 3.53. The largest absolute Gasteiger partial charge is 0.465 e. The van der Waals surface area contributed by atoms with Gasteiger partial charge in [-0.05, 0) is 60.1 Å². The Morgan fingerprint density at radius 2 is 1.91 bits per heavy atom. The van der Waals surface area contributed by atoms with E-state index in [9.17, 15) is 4.79 Å². The van der Waals surface area contributed by atoms with Crippen molar-refractivity contribution in [3.63, 3.8) is 0 Å². The second-order valence-electron chi connectivity index (χ2n) is 5.11. The quantitative estimate of drug-likeness (QED) is 0.651. The summed E-state index contributed by atoms with van der Waals surface area (Å²) in [6.45, 7) is 3.57. The minimum Gasteiger partial charge on any atom is -0.465 e. The maximum absolute atomic E-state index is 12.6. The van der Waals surface area contributed by atoms with Gasteiger partial charge in [0, 0.05) is 17.4 Å². The molecule has 23 heavy (non-hydrogen) atoms. The van der Waals surface area contributed by atoms with Gasteiger partial charge in [-0.2, -0.15) is 0 Å². The number of anilines is 1. The van der Waals surface area contributed by atoms with Gasteiger partial charge in [-0.25, -0.2) is 0 Å². The molecule has 0 saturated carbocycles. The second kappa shape index (κ2) is 6.26. The van der Waals surface area contributed by atoms with Crippen LogP contribution in [0.2, 0.25) is 5.02 Å². The van der Waals surface area contributed by atoms with Gasteiger partial charge in [0.05, 0.1) is 21.4 Å². The first-order valence-corrected chi connectivity index (χ1v) is 8.14. The van der Waals surface area contributed by atoms with Gasteiger partial charge in [0.1, 0.15) is 11.5 Å². The summed E-state index contributed by atoms with van der Waals surface area (Å²) in [5.74, 6) is 1.01. The standard InChI is InChI=1S/C17H14BrClN2O2/c1-10-15(16(18)11(2)23-10)17(22)20-13-6-5-12(19)9-14(13)21-7-3-4-8-21/h3-9H,1-2H3,(H,20,22). The number of nitrogens with zero attached hydrogens (tertiary/aromatic N) is 1. The highest BCUT2D eigenvalue weighted by Gasteiger charge is 2.21. The summed E-state index contributed by atoms with van der Waals surface area (Å²) in [7, 11) is 0. The lowest BCUT2D eigenvalue weighted by atomic mass is 10.2. The molecule has 6 heteroatoms. The first-order chi connectivity index (χ1) is 11.0. The summed E-state index contributed by atoms with van der Waals surface area (Å²) >= 11 is 9.50. The Labute approximate surface area is 147 Å². The van der Waals surface area contributed by atoms with Crippen LogP contribution in [0.3, 0.4) is 0 Å². The third kappa shape index (κ3) is 3.07. The summed E-state index contributed by atoms with van der Waals surface area (Å²) in [4.78, 5) is 12.6. The van der Waals surface area contributed by atoms with Gasteiger partial charge in [-0.15, -0.1) is 0 Å². The van der Waals surface area contributed by atoms with Crippen LogP contribution in [0.4, 0.5) is 5.69 Å². The molecule has 0 spiro atoms. The Balaban J connectivity index is 1.99. The summed E-state index contributed by atoms with van der Waals surface area (Å²) < 4.78 is 8.05. The van der Waals surface area contributed by atoms with Crippen LogP contribution in [-0.4, -0.2) is 10.5 Å². The van der Waals surface area contributed by atoms with Crippen molar-refractivity contribution < 1.29 is 9.21 Å². The maximum Gasteiger partial charge on any atom is 0.260 e. The van der Waals surface area contributed by atoms with E-state index in [1.807, 2.05) is 29.1 Å². The van der Waals surface area contributed by atoms with Crippen molar-refractivity contribution in [3.05, 3.63) is 69.3 Å². The van der Waals surface area contributed by atoms with Crippen LogP contribution in [0.5, 0.6) is 0 Å². The number of furan rings is 1. The van der Waals surface area contributed by atoms with Crippen molar-refractivity contribution in [2.24, 2.45) is 0 Å². The Bertz CT molecular complexity index is 869. The third-order valence-corrected chi connectivity index (χ3v) is 4.69. The molecule has 0 aliphatic heterocycles. The molecule has 3 aromatic rings.